The van der Waals surface area contributed by atoms with Crippen LogP contribution in [0.2, 0.25) is 0 Å². The smallest absolute Gasteiger partial charge is 0.291 e. The van der Waals surface area contributed by atoms with Gasteiger partial charge in [-0.25, -0.2) is 18.4 Å². The van der Waals surface area contributed by atoms with Crippen molar-refractivity contribution in [3.05, 3.63) is 60.8 Å². The minimum Gasteiger partial charge on any atom is -0.481 e. The number of carbonyl (C=O) groups is 1. The van der Waals surface area contributed by atoms with Gasteiger partial charge in [0.2, 0.25) is 5.88 Å². The molecule has 1 amide bonds. The van der Waals surface area contributed by atoms with Crippen molar-refractivity contribution in [2.45, 2.75) is 4.90 Å². The number of sulfonamides is 1. The molecule has 3 aromatic rings. The minimum absolute atomic E-state index is 0.00563. The normalized spacial score (nSPS) is 11.0. The first kappa shape index (κ1) is 17.4. The SMILES string of the molecule is COc1cc(NS(=O)(=O)c2ccc(NC(=O)c3ccco3)cc2)ncn1. The zero-order chi connectivity index (χ0) is 18.6. The molecule has 26 heavy (non-hydrogen) atoms. The number of benzene rings is 1. The number of methoxy groups -OCH3 is 1. The van der Waals surface area contributed by atoms with Crippen molar-refractivity contribution in [2.75, 3.05) is 17.1 Å². The molecule has 0 spiro atoms. The number of hydrogen-bond acceptors (Lipinski definition) is 7. The molecular weight excluding hydrogens is 360 g/mol. The van der Waals surface area contributed by atoms with Crippen LogP contribution in [0.4, 0.5) is 11.5 Å². The number of carbonyl (C=O) groups excluding carboxylic acids is 1. The number of nitrogens with one attached hydrogen (secondary N) is 2. The van der Waals surface area contributed by atoms with Gasteiger partial charge >= 0.3 is 0 Å². The first-order chi connectivity index (χ1) is 12.5. The summed E-state index contributed by atoms with van der Waals surface area (Å²) in [6.07, 6.45) is 2.57. The van der Waals surface area contributed by atoms with Crippen LogP contribution in [-0.2, 0) is 10.0 Å². The van der Waals surface area contributed by atoms with Gasteiger partial charge in [-0.3, -0.25) is 9.52 Å². The Kier molecular flexibility index (Phi) is 4.85. The summed E-state index contributed by atoms with van der Waals surface area (Å²) < 4.78 is 37.1. The molecule has 10 heteroatoms. The van der Waals surface area contributed by atoms with Crippen molar-refractivity contribution in [3.63, 3.8) is 0 Å². The molecule has 2 aromatic heterocycles. The van der Waals surface area contributed by atoms with E-state index in [0.717, 1.165) is 0 Å². The molecule has 9 nitrogen and oxygen atoms in total. The molecule has 0 atom stereocenters. The van der Waals surface area contributed by atoms with Gasteiger partial charge < -0.3 is 14.5 Å². The van der Waals surface area contributed by atoms with Crippen LogP contribution in [0.1, 0.15) is 10.6 Å². The Labute approximate surface area is 149 Å². The Morgan fingerprint density at radius 3 is 2.58 bits per heavy atom. The molecule has 2 heterocycles. The molecule has 0 radical (unpaired) electrons. The van der Waals surface area contributed by atoms with Crippen LogP contribution in [0, 0.1) is 0 Å². The lowest BCUT2D eigenvalue weighted by molar-refractivity contribution is 0.0996. The molecule has 134 valence electrons. The maximum atomic E-state index is 12.4. The summed E-state index contributed by atoms with van der Waals surface area (Å²) in [5.41, 5.74) is 0.425. The fourth-order valence-corrected chi connectivity index (χ4v) is 3.02. The first-order valence-electron chi connectivity index (χ1n) is 7.32. The third-order valence-electron chi connectivity index (χ3n) is 3.26. The second kappa shape index (κ2) is 7.23. The number of rotatable bonds is 6. The molecule has 0 aliphatic rings. The zero-order valence-corrected chi connectivity index (χ0v) is 14.4. The van der Waals surface area contributed by atoms with E-state index in [9.17, 15) is 13.2 Å². The van der Waals surface area contributed by atoms with Gasteiger partial charge in [0.1, 0.15) is 12.1 Å². The van der Waals surface area contributed by atoms with E-state index in [2.05, 4.69) is 20.0 Å². The van der Waals surface area contributed by atoms with E-state index in [1.165, 1.54) is 56.1 Å². The second-order valence-electron chi connectivity index (χ2n) is 5.01. The Bertz CT molecular complexity index is 1000. The number of nitrogens with zero attached hydrogens (tertiary/aromatic N) is 2. The Morgan fingerprint density at radius 2 is 1.92 bits per heavy atom. The quantitative estimate of drug-likeness (QED) is 0.677. The molecule has 0 aliphatic carbocycles. The Morgan fingerprint density at radius 1 is 1.15 bits per heavy atom. The number of aromatic nitrogens is 2. The summed E-state index contributed by atoms with van der Waals surface area (Å²) in [5, 5.41) is 2.60. The highest BCUT2D eigenvalue weighted by atomic mass is 32.2. The zero-order valence-electron chi connectivity index (χ0n) is 13.5. The third kappa shape index (κ3) is 3.98. The van der Waals surface area contributed by atoms with Gasteiger partial charge in [0, 0.05) is 11.8 Å². The van der Waals surface area contributed by atoms with Crippen LogP contribution in [0.15, 0.2) is 64.4 Å². The van der Waals surface area contributed by atoms with Crippen LogP contribution in [-0.4, -0.2) is 31.4 Å². The highest BCUT2D eigenvalue weighted by molar-refractivity contribution is 7.92. The number of ether oxygens (including phenoxy) is 1. The van der Waals surface area contributed by atoms with Crippen LogP contribution < -0.4 is 14.8 Å². The topological polar surface area (TPSA) is 123 Å². The van der Waals surface area contributed by atoms with E-state index in [4.69, 9.17) is 9.15 Å². The lowest BCUT2D eigenvalue weighted by Gasteiger charge is -2.09. The molecule has 0 bridgehead atoms. The highest BCUT2D eigenvalue weighted by Crippen LogP contribution is 2.19. The van der Waals surface area contributed by atoms with Crippen molar-refractivity contribution in [1.82, 2.24) is 9.97 Å². The van der Waals surface area contributed by atoms with E-state index < -0.39 is 15.9 Å². The summed E-state index contributed by atoms with van der Waals surface area (Å²) in [6, 6.07) is 10.1. The standard InChI is InChI=1S/C16H14N4O5S/c1-24-15-9-14(17-10-18-15)20-26(22,23)12-6-4-11(5-7-12)19-16(21)13-3-2-8-25-13/h2-10H,1H3,(H,19,21)(H,17,18,20). The van der Waals surface area contributed by atoms with E-state index in [-0.39, 0.29) is 22.4 Å². The third-order valence-corrected chi connectivity index (χ3v) is 4.63. The van der Waals surface area contributed by atoms with Gasteiger partial charge in [-0.2, -0.15) is 0 Å². The van der Waals surface area contributed by atoms with Gasteiger partial charge in [-0.05, 0) is 36.4 Å². The fraction of sp³-hybridized carbons (Fsp3) is 0.0625. The predicted molar refractivity (Wildman–Crippen MR) is 92.5 cm³/mol. The first-order valence-corrected chi connectivity index (χ1v) is 8.80. The van der Waals surface area contributed by atoms with Gasteiger partial charge in [0.25, 0.3) is 15.9 Å². The van der Waals surface area contributed by atoms with Crippen molar-refractivity contribution < 1.29 is 22.4 Å². The molecule has 0 aliphatic heterocycles. The molecule has 2 N–H and O–H groups in total. The van der Waals surface area contributed by atoms with Crippen molar-refractivity contribution in [3.8, 4) is 5.88 Å². The number of anilines is 2. The van der Waals surface area contributed by atoms with E-state index >= 15 is 0 Å². The van der Waals surface area contributed by atoms with Crippen molar-refractivity contribution in [2.24, 2.45) is 0 Å². The van der Waals surface area contributed by atoms with Gasteiger partial charge in [0.15, 0.2) is 5.76 Å². The highest BCUT2D eigenvalue weighted by Gasteiger charge is 2.16. The van der Waals surface area contributed by atoms with Gasteiger partial charge in [-0.15, -0.1) is 0 Å². The molecule has 3 rings (SSSR count). The molecular formula is C16H14N4O5S. The lowest BCUT2D eigenvalue weighted by atomic mass is 10.3. The summed E-state index contributed by atoms with van der Waals surface area (Å²) in [6.45, 7) is 0. The van der Waals surface area contributed by atoms with Crippen LogP contribution in [0.3, 0.4) is 0 Å². The number of hydrogen-bond donors (Lipinski definition) is 2. The molecule has 0 fully saturated rings. The van der Waals surface area contributed by atoms with Crippen LogP contribution >= 0.6 is 0 Å². The summed E-state index contributed by atoms with van der Waals surface area (Å²) in [4.78, 5) is 19.5. The summed E-state index contributed by atoms with van der Waals surface area (Å²) in [5.74, 6) is 0.0265. The van der Waals surface area contributed by atoms with Crippen LogP contribution in [0.25, 0.3) is 0 Å². The summed E-state index contributed by atoms with van der Waals surface area (Å²) >= 11 is 0. The maximum absolute atomic E-state index is 12.4. The van der Waals surface area contributed by atoms with E-state index in [0.29, 0.717) is 5.69 Å². The Balaban J connectivity index is 1.73. The van der Waals surface area contributed by atoms with Crippen molar-refractivity contribution >= 4 is 27.4 Å². The maximum Gasteiger partial charge on any atom is 0.291 e. The summed E-state index contributed by atoms with van der Waals surface area (Å²) in [7, 11) is -2.44. The number of furan rings is 1. The minimum atomic E-state index is -3.85. The predicted octanol–water partition coefficient (Wildman–Crippen LogP) is 2.13. The second-order valence-corrected chi connectivity index (χ2v) is 6.69. The van der Waals surface area contributed by atoms with Gasteiger partial charge in [0.05, 0.1) is 18.3 Å². The van der Waals surface area contributed by atoms with Crippen LogP contribution in [0.5, 0.6) is 5.88 Å². The van der Waals surface area contributed by atoms with E-state index in [1.807, 2.05) is 0 Å². The molecule has 0 unspecified atom stereocenters. The molecule has 0 saturated carbocycles. The fourth-order valence-electron chi connectivity index (χ4n) is 2.02. The molecule has 0 saturated heterocycles. The monoisotopic (exact) mass is 374 g/mol. The Hall–Kier alpha value is -3.40. The van der Waals surface area contributed by atoms with Gasteiger partial charge in [-0.1, -0.05) is 0 Å². The van der Waals surface area contributed by atoms with Crippen molar-refractivity contribution in [1.29, 1.82) is 0 Å². The largest absolute Gasteiger partial charge is 0.481 e. The number of amides is 1. The molecule has 1 aromatic carbocycles. The van der Waals surface area contributed by atoms with E-state index in [1.54, 1.807) is 6.07 Å². The average molecular weight is 374 g/mol. The average Bonchev–Trinajstić information content (AvgIpc) is 3.17. The lowest BCUT2D eigenvalue weighted by Crippen LogP contribution is -2.15.